The lowest BCUT2D eigenvalue weighted by atomic mass is 9.97. The maximum atomic E-state index is 6.20. The Morgan fingerprint density at radius 2 is 1.57 bits per heavy atom. The van der Waals surface area contributed by atoms with Crippen molar-refractivity contribution in [2.24, 2.45) is 0 Å². The van der Waals surface area contributed by atoms with Crippen LogP contribution in [0.5, 0.6) is 11.5 Å². The molecule has 3 nitrogen and oxygen atoms in total. The third-order valence-electron chi connectivity index (χ3n) is 6.51. The number of unbranched alkanes of at least 4 members (excludes halogenated alkanes) is 5. The number of nitrogens with zero attached hydrogens (tertiary/aromatic N) is 1. The van der Waals surface area contributed by atoms with Gasteiger partial charge in [0.2, 0.25) is 0 Å². The van der Waals surface area contributed by atoms with Crippen LogP contribution in [-0.2, 0) is 6.42 Å². The van der Waals surface area contributed by atoms with Crippen molar-refractivity contribution < 1.29 is 9.47 Å². The topological polar surface area (TPSA) is 21.7 Å². The first-order valence-corrected chi connectivity index (χ1v) is 12.1. The van der Waals surface area contributed by atoms with Gasteiger partial charge in [-0.3, -0.25) is 0 Å². The molecular weight excluding hydrogens is 370 g/mol. The maximum absolute atomic E-state index is 6.20. The second kappa shape index (κ2) is 11.4. The highest BCUT2D eigenvalue weighted by Gasteiger charge is 2.20. The van der Waals surface area contributed by atoms with Gasteiger partial charge in [0.15, 0.2) is 0 Å². The van der Waals surface area contributed by atoms with Crippen molar-refractivity contribution in [1.82, 2.24) is 4.90 Å². The second-order valence-corrected chi connectivity index (χ2v) is 8.84. The summed E-state index contributed by atoms with van der Waals surface area (Å²) in [5.74, 6) is 2.01. The SMILES string of the molecule is c1ccc2c(c1)CCC(c1ccc(OCCCCCCCCN3CCCC3)cc1)O2. The molecule has 0 spiro atoms. The molecule has 162 valence electrons. The average Bonchev–Trinajstić information content (AvgIpc) is 3.32. The Bertz CT molecular complexity index is 752. The highest BCUT2D eigenvalue weighted by atomic mass is 16.5. The Kier molecular flexibility index (Phi) is 8.08. The number of ether oxygens (including phenoxy) is 2. The highest BCUT2D eigenvalue weighted by Crippen LogP contribution is 2.35. The van der Waals surface area contributed by atoms with E-state index in [0.717, 1.165) is 37.4 Å². The first-order valence-electron chi connectivity index (χ1n) is 12.1. The fourth-order valence-corrected chi connectivity index (χ4v) is 4.68. The molecule has 1 unspecified atom stereocenters. The van der Waals surface area contributed by atoms with Crippen LogP contribution in [0.2, 0.25) is 0 Å². The summed E-state index contributed by atoms with van der Waals surface area (Å²) in [6.07, 6.45) is 13.0. The van der Waals surface area contributed by atoms with Crippen LogP contribution in [0.15, 0.2) is 48.5 Å². The Morgan fingerprint density at radius 1 is 0.833 bits per heavy atom. The summed E-state index contributed by atoms with van der Waals surface area (Å²) >= 11 is 0. The van der Waals surface area contributed by atoms with Gasteiger partial charge >= 0.3 is 0 Å². The summed E-state index contributed by atoms with van der Waals surface area (Å²) in [6.45, 7) is 4.80. The normalized spacial score (nSPS) is 18.7. The summed E-state index contributed by atoms with van der Waals surface area (Å²) in [4.78, 5) is 2.62. The lowest BCUT2D eigenvalue weighted by Gasteiger charge is -2.26. The smallest absolute Gasteiger partial charge is 0.124 e. The minimum atomic E-state index is 0.152. The van der Waals surface area contributed by atoms with Crippen LogP contribution in [0.4, 0.5) is 0 Å². The lowest BCUT2D eigenvalue weighted by Crippen LogP contribution is -2.20. The molecule has 4 rings (SSSR count). The fraction of sp³-hybridized carbons (Fsp3) is 0.556. The van der Waals surface area contributed by atoms with Gasteiger partial charge in [-0.1, -0.05) is 56.0 Å². The van der Waals surface area contributed by atoms with Gasteiger partial charge in [-0.05, 0) is 87.5 Å². The largest absolute Gasteiger partial charge is 0.494 e. The zero-order chi connectivity index (χ0) is 20.4. The zero-order valence-electron chi connectivity index (χ0n) is 18.4. The molecule has 0 N–H and O–H groups in total. The number of hydrogen-bond donors (Lipinski definition) is 0. The van der Waals surface area contributed by atoms with Crippen LogP contribution < -0.4 is 9.47 Å². The molecule has 1 fully saturated rings. The summed E-state index contributed by atoms with van der Waals surface area (Å²) in [5.41, 5.74) is 2.56. The van der Waals surface area contributed by atoms with Gasteiger partial charge < -0.3 is 14.4 Å². The Hall–Kier alpha value is -2.00. The van der Waals surface area contributed by atoms with Crippen molar-refractivity contribution in [3.8, 4) is 11.5 Å². The van der Waals surface area contributed by atoms with Crippen LogP contribution in [-0.4, -0.2) is 31.1 Å². The van der Waals surface area contributed by atoms with Crippen LogP contribution >= 0.6 is 0 Å². The minimum absolute atomic E-state index is 0.152. The van der Waals surface area contributed by atoms with E-state index >= 15 is 0 Å². The standard InChI is InChI=1S/C27H37NO2/c1(3-7-19-28-20-8-9-21-28)2-4-10-22-29-25-16-13-24(14-17-25)27-18-15-23-11-5-6-12-26(23)30-27/h5-6,11-14,16-17,27H,1-4,7-10,15,18-22H2. The van der Waals surface area contributed by atoms with Crippen molar-refractivity contribution in [3.63, 3.8) is 0 Å². The maximum Gasteiger partial charge on any atom is 0.124 e. The van der Waals surface area contributed by atoms with E-state index in [9.17, 15) is 0 Å². The molecular formula is C27H37NO2. The Balaban J connectivity index is 1.07. The summed E-state index contributed by atoms with van der Waals surface area (Å²) < 4.78 is 12.1. The van der Waals surface area contributed by atoms with E-state index in [1.54, 1.807) is 0 Å². The molecule has 2 aliphatic heterocycles. The molecule has 2 heterocycles. The molecule has 0 aliphatic carbocycles. The van der Waals surface area contributed by atoms with Gasteiger partial charge in [-0.2, -0.15) is 0 Å². The number of benzene rings is 2. The van der Waals surface area contributed by atoms with E-state index in [1.165, 1.54) is 75.7 Å². The van der Waals surface area contributed by atoms with Crippen LogP contribution in [0.3, 0.4) is 0 Å². The number of fused-ring (bicyclic) bond motifs is 1. The van der Waals surface area contributed by atoms with Crippen LogP contribution in [0.25, 0.3) is 0 Å². The number of rotatable bonds is 11. The molecule has 0 aromatic heterocycles. The van der Waals surface area contributed by atoms with Crippen molar-refractivity contribution in [3.05, 3.63) is 59.7 Å². The second-order valence-electron chi connectivity index (χ2n) is 8.84. The van der Waals surface area contributed by atoms with Gasteiger partial charge in [0, 0.05) is 0 Å². The molecule has 0 amide bonds. The van der Waals surface area contributed by atoms with E-state index in [2.05, 4.69) is 47.4 Å². The average molecular weight is 408 g/mol. The summed E-state index contributed by atoms with van der Waals surface area (Å²) in [7, 11) is 0. The van der Waals surface area contributed by atoms with E-state index < -0.39 is 0 Å². The van der Waals surface area contributed by atoms with E-state index in [-0.39, 0.29) is 6.10 Å². The molecule has 2 aromatic carbocycles. The van der Waals surface area contributed by atoms with Gasteiger partial charge in [0.25, 0.3) is 0 Å². The third kappa shape index (κ3) is 6.25. The van der Waals surface area contributed by atoms with Gasteiger partial charge in [-0.15, -0.1) is 0 Å². The van der Waals surface area contributed by atoms with E-state index in [0.29, 0.717) is 0 Å². The third-order valence-corrected chi connectivity index (χ3v) is 6.51. The number of aryl methyl sites for hydroxylation is 1. The molecule has 2 aromatic rings. The van der Waals surface area contributed by atoms with Crippen molar-refractivity contribution in [1.29, 1.82) is 0 Å². The van der Waals surface area contributed by atoms with E-state index in [1.807, 2.05) is 6.07 Å². The molecule has 1 atom stereocenters. The fourth-order valence-electron chi connectivity index (χ4n) is 4.68. The van der Waals surface area contributed by atoms with Crippen LogP contribution in [0, 0.1) is 0 Å². The first-order chi connectivity index (χ1) is 14.9. The van der Waals surface area contributed by atoms with Crippen LogP contribution in [0.1, 0.15) is 75.0 Å². The highest BCUT2D eigenvalue weighted by molar-refractivity contribution is 5.37. The Morgan fingerprint density at radius 3 is 2.40 bits per heavy atom. The minimum Gasteiger partial charge on any atom is -0.494 e. The molecule has 0 bridgehead atoms. The molecule has 0 saturated carbocycles. The number of likely N-dealkylation sites (tertiary alicyclic amines) is 1. The lowest BCUT2D eigenvalue weighted by molar-refractivity contribution is 0.176. The predicted molar refractivity (Wildman–Crippen MR) is 123 cm³/mol. The van der Waals surface area contributed by atoms with Gasteiger partial charge in [-0.25, -0.2) is 0 Å². The predicted octanol–water partition coefficient (Wildman–Crippen LogP) is 6.57. The number of hydrogen-bond acceptors (Lipinski definition) is 3. The van der Waals surface area contributed by atoms with Gasteiger partial charge in [0.05, 0.1) is 6.61 Å². The molecule has 30 heavy (non-hydrogen) atoms. The van der Waals surface area contributed by atoms with Crippen molar-refractivity contribution in [2.45, 2.75) is 70.3 Å². The quantitative estimate of drug-likeness (QED) is 0.393. The summed E-state index contributed by atoms with van der Waals surface area (Å²) in [5, 5.41) is 0. The number of para-hydroxylation sites is 1. The van der Waals surface area contributed by atoms with Crippen molar-refractivity contribution >= 4 is 0 Å². The molecule has 3 heteroatoms. The van der Waals surface area contributed by atoms with Gasteiger partial charge in [0.1, 0.15) is 17.6 Å². The molecule has 1 saturated heterocycles. The molecule has 2 aliphatic rings. The molecule has 0 radical (unpaired) electrons. The van der Waals surface area contributed by atoms with E-state index in [4.69, 9.17) is 9.47 Å². The van der Waals surface area contributed by atoms with Crippen molar-refractivity contribution in [2.75, 3.05) is 26.2 Å². The monoisotopic (exact) mass is 407 g/mol. The zero-order valence-corrected chi connectivity index (χ0v) is 18.4. The first kappa shape index (κ1) is 21.2. The summed E-state index contributed by atoms with van der Waals surface area (Å²) in [6, 6.07) is 16.9. The Labute approximate surface area is 182 Å².